The predicted molar refractivity (Wildman–Crippen MR) is 102 cm³/mol. The number of aryl methyl sites for hydroxylation is 4. The largest absolute Gasteiger partial charge is 0.494 e. The summed E-state index contributed by atoms with van der Waals surface area (Å²) in [6, 6.07) is 8.78. The van der Waals surface area contributed by atoms with E-state index in [9.17, 15) is 8.42 Å². The Morgan fingerprint density at radius 3 is 2.20 bits per heavy atom. The normalized spacial score (nSPS) is 12.9. The van der Waals surface area contributed by atoms with E-state index in [2.05, 4.69) is 23.8 Å². The van der Waals surface area contributed by atoms with E-state index in [-0.39, 0.29) is 10.9 Å². The van der Waals surface area contributed by atoms with Crippen LogP contribution in [0.4, 0.5) is 0 Å². The van der Waals surface area contributed by atoms with Gasteiger partial charge in [-0.3, -0.25) is 0 Å². The fourth-order valence-corrected chi connectivity index (χ4v) is 4.23. The highest BCUT2D eigenvalue weighted by atomic mass is 32.2. The van der Waals surface area contributed by atoms with Gasteiger partial charge < -0.3 is 4.74 Å². The van der Waals surface area contributed by atoms with Crippen molar-refractivity contribution >= 4 is 10.0 Å². The van der Waals surface area contributed by atoms with Crippen LogP contribution >= 0.6 is 0 Å². The zero-order valence-corrected chi connectivity index (χ0v) is 16.6. The molecule has 0 aliphatic carbocycles. The Bertz CT molecular complexity index is 873. The Balaban J connectivity index is 2.29. The highest BCUT2D eigenvalue weighted by Gasteiger charge is 2.20. The third kappa shape index (κ3) is 4.41. The average molecular weight is 362 g/mol. The predicted octanol–water partition coefficient (Wildman–Crippen LogP) is 4.36. The molecule has 2 aromatic carbocycles. The molecule has 0 saturated heterocycles. The summed E-state index contributed by atoms with van der Waals surface area (Å²) in [5.41, 5.74) is 5.25. The van der Waals surface area contributed by atoms with Gasteiger partial charge in [0.15, 0.2) is 0 Å². The zero-order chi connectivity index (χ0) is 18.8. The van der Waals surface area contributed by atoms with E-state index in [1.165, 1.54) is 5.56 Å². The molecule has 2 aromatic rings. The molecule has 2 rings (SSSR count). The minimum absolute atomic E-state index is 0.252. The molecule has 4 nitrogen and oxygen atoms in total. The van der Waals surface area contributed by atoms with Gasteiger partial charge in [0.2, 0.25) is 10.0 Å². The fraction of sp³-hybridized carbons (Fsp3) is 0.400. The third-order valence-corrected chi connectivity index (χ3v) is 5.98. The summed E-state index contributed by atoms with van der Waals surface area (Å²) in [4.78, 5) is 0.252. The molecule has 5 heteroatoms. The molecule has 0 bridgehead atoms. The SMILES string of the molecule is CCOc1ccc(S(=O)(=O)NC(C)c2cc(C)c(C)cc2C)cc1C. The maximum Gasteiger partial charge on any atom is 0.241 e. The number of benzene rings is 2. The molecule has 25 heavy (non-hydrogen) atoms. The number of hydrogen-bond donors (Lipinski definition) is 1. The van der Waals surface area contributed by atoms with E-state index >= 15 is 0 Å². The van der Waals surface area contributed by atoms with Crippen LogP contribution in [0.3, 0.4) is 0 Å². The fourth-order valence-electron chi connectivity index (χ4n) is 2.92. The second-order valence-corrected chi connectivity index (χ2v) is 8.21. The minimum Gasteiger partial charge on any atom is -0.494 e. The average Bonchev–Trinajstić information content (AvgIpc) is 2.52. The van der Waals surface area contributed by atoms with Crippen molar-refractivity contribution in [3.8, 4) is 5.75 Å². The summed E-state index contributed by atoms with van der Waals surface area (Å²) in [5.74, 6) is 0.708. The van der Waals surface area contributed by atoms with Gasteiger partial charge in [-0.1, -0.05) is 12.1 Å². The lowest BCUT2D eigenvalue weighted by Crippen LogP contribution is -2.27. The van der Waals surface area contributed by atoms with Crippen LogP contribution in [-0.2, 0) is 10.0 Å². The van der Waals surface area contributed by atoms with E-state index < -0.39 is 10.0 Å². The molecule has 0 fully saturated rings. The first-order chi connectivity index (χ1) is 11.7. The molecule has 0 aliphatic heterocycles. The number of rotatable bonds is 6. The van der Waals surface area contributed by atoms with Crippen LogP contribution in [0.5, 0.6) is 5.75 Å². The maximum atomic E-state index is 12.7. The lowest BCUT2D eigenvalue weighted by Gasteiger charge is -2.19. The van der Waals surface area contributed by atoms with Gasteiger partial charge in [-0.25, -0.2) is 13.1 Å². The second-order valence-electron chi connectivity index (χ2n) is 6.50. The van der Waals surface area contributed by atoms with Gasteiger partial charge in [-0.15, -0.1) is 0 Å². The summed E-state index contributed by atoms with van der Waals surface area (Å²) >= 11 is 0. The molecule has 0 saturated carbocycles. The molecule has 1 unspecified atom stereocenters. The lowest BCUT2D eigenvalue weighted by molar-refractivity contribution is 0.337. The molecule has 0 amide bonds. The highest BCUT2D eigenvalue weighted by molar-refractivity contribution is 7.89. The molecule has 136 valence electrons. The quantitative estimate of drug-likeness (QED) is 0.832. The second kappa shape index (κ2) is 7.58. The smallest absolute Gasteiger partial charge is 0.241 e. The van der Waals surface area contributed by atoms with Crippen LogP contribution in [0.25, 0.3) is 0 Å². The summed E-state index contributed by atoms with van der Waals surface area (Å²) in [5, 5.41) is 0. The van der Waals surface area contributed by atoms with Crippen molar-refractivity contribution in [2.75, 3.05) is 6.61 Å². The van der Waals surface area contributed by atoms with E-state index in [1.807, 2.05) is 34.6 Å². The summed E-state index contributed by atoms with van der Waals surface area (Å²) < 4.78 is 33.8. The van der Waals surface area contributed by atoms with Crippen molar-refractivity contribution in [2.45, 2.75) is 52.5 Å². The number of sulfonamides is 1. The van der Waals surface area contributed by atoms with Gasteiger partial charge in [-0.2, -0.15) is 0 Å². The lowest BCUT2D eigenvalue weighted by atomic mass is 9.97. The van der Waals surface area contributed by atoms with Gasteiger partial charge in [0.05, 0.1) is 11.5 Å². The topological polar surface area (TPSA) is 55.4 Å². The summed E-state index contributed by atoms with van der Waals surface area (Å²) in [7, 11) is -3.61. The van der Waals surface area contributed by atoms with Crippen LogP contribution in [0.2, 0.25) is 0 Å². The molecule has 0 radical (unpaired) electrons. The van der Waals surface area contributed by atoms with Crippen molar-refractivity contribution in [3.05, 3.63) is 58.1 Å². The third-order valence-electron chi connectivity index (χ3n) is 4.44. The Kier molecular flexibility index (Phi) is 5.91. The number of nitrogens with one attached hydrogen (secondary N) is 1. The van der Waals surface area contributed by atoms with Gasteiger partial charge in [0, 0.05) is 6.04 Å². The Hall–Kier alpha value is -1.85. The monoisotopic (exact) mass is 361 g/mol. The van der Waals surface area contributed by atoms with Gasteiger partial charge in [0.1, 0.15) is 5.75 Å². The van der Waals surface area contributed by atoms with Crippen LogP contribution in [0.1, 0.15) is 47.7 Å². The first-order valence-corrected chi connectivity index (χ1v) is 9.97. The van der Waals surface area contributed by atoms with Crippen LogP contribution in [0, 0.1) is 27.7 Å². The van der Waals surface area contributed by atoms with Crippen LogP contribution < -0.4 is 9.46 Å². The molecule has 1 N–H and O–H groups in total. The van der Waals surface area contributed by atoms with Gasteiger partial charge in [0.25, 0.3) is 0 Å². The summed E-state index contributed by atoms with van der Waals surface area (Å²) in [6.45, 7) is 12.3. The van der Waals surface area contributed by atoms with Gasteiger partial charge in [-0.05, 0) is 87.6 Å². The minimum atomic E-state index is -3.61. The molecular formula is C20H27NO3S. The van der Waals surface area contributed by atoms with E-state index in [0.717, 1.165) is 22.3 Å². The Labute approximate surface area is 151 Å². The first-order valence-electron chi connectivity index (χ1n) is 8.49. The maximum absolute atomic E-state index is 12.7. The zero-order valence-electron chi connectivity index (χ0n) is 15.8. The molecule has 0 aliphatic rings. The molecule has 0 heterocycles. The molecule has 0 aromatic heterocycles. The van der Waals surface area contributed by atoms with Crippen molar-refractivity contribution in [1.29, 1.82) is 0 Å². The van der Waals surface area contributed by atoms with E-state index in [0.29, 0.717) is 12.4 Å². The van der Waals surface area contributed by atoms with Crippen LogP contribution in [0.15, 0.2) is 35.2 Å². The highest BCUT2D eigenvalue weighted by Crippen LogP contribution is 2.25. The van der Waals surface area contributed by atoms with Crippen molar-refractivity contribution < 1.29 is 13.2 Å². The van der Waals surface area contributed by atoms with Crippen molar-refractivity contribution in [1.82, 2.24) is 4.72 Å². The molecule has 1 atom stereocenters. The Morgan fingerprint density at radius 2 is 1.60 bits per heavy atom. The Morgan fingerprint density at radius 1 is 0.960 bits per heavy atom. The van der Waals surface area contributed by atoms with Crippen molar-refractivity contribution in [2.24, 2.45) is 0 Å². The molecular weight excluding hydrogens is 334 g/mol. The van der Waals surface area contributed by atoms with E-state index in [1.54, 1.807) is 18.2 Å². The molecule has 0 spiro atoms. The first kappa shape index (κ1) is 19.5. The van der Waals surface area contributed by atoms with Crippen LogP contribution in [-0.4, -0.2) is 15.0 Å². The van der Waals surface area contributed by atoms with Crippen molar-refractivity contribution in [3.63, 3.8) is 0 Å². The number of ether oxygens (including phenoxy) is 1. The summed E-state index contributed by atoms with van der Waals surface area (Å²) in [6.07, 6.45) is 0. The number of hydrogen-bond acceptors (Lipinski definition) is 3. The van der Waals surface area contributed by atoms with E-state index in [4.69, 9.17) is 4.74 Å². The standard InChI is InChI=1S/C20H27NO3S/c1-7-24-20-9-8-18(11-16(20)5)25(22,23)21-17(6)19-12-14(3)13(2)10-15(19)4/h8-12,17,21H,7H2,1-6H3. The van der Waals surface area contributed by atoms with Gasteiger partial charge >= 0.3 is 0 Å².